The van der Waals surface area contributed by atoms with Gasteiger partial charge in [0.25, 0.3) is 5.91 Å². The molecule has 92 valence electrons. The molecule has 5 nitrogen and oxygen atoms in total. The van der Waals surface area contributed by atoms with Crippen molar-refractivity contribution in [2.45, 2.75) is 18.6 Å². The first-order chi connectivity index (χ1) is 7.99. The van der Waals surface area contributed by atoms with Crippen LogP contribution in [0.3, 0.4) is 0 Å². The fourth-order valence-corrected chi connectivity index (χ4v) is 3.18. The number of carboxylic acid groups (broad SMARTS) is 1. The molecule has 0 aliphatic carbocycles. The van der Waals surface area contributed by atoms with Crippen LogP contribution in [0.25, 0.3) is 0 Å². The Bertz CT molecular complexity index is 461. The second-order valence-corrected chi connectivity index (χ2v) is 6.65. The number of carbonyl (C=O) groups excluding carboxylic acids is 1. The van der Waals surface area contributed by atoms with Gasteiger partial charge in [-0.3, -0.25) is 4.79 Å². The number of hydrogen-bond acceptors (Lipinski definition) is 4. The van der Waals surface area contributed by atoms with Gasteiger partial charge in [0.2, 0.25) is 0 Å². The molecular weight excluding hydrogens is 357 g/mol. The third-order valence-corrected chi connectivity index (χ3v) is 4.43. The number of amides is 1. The largest absolute Gasteiger partial charge is 0.480 e. The molecule has 0 bridgehead atoms. The maximum atomic E-state index is 12.1. The van der Waals surface area contributed by atoms with Crippen molar-refractivity contribution in [2.75, 3.05) is 6.54 Å². The maximum Gasteiger partial charge on any atom is 0.326 e. The van der Waals surface area contributed by atoms with Crippen LogP contribution in [-0.2, 0) is 4.79 Å². The number of β-amino-alcohol motifs (C(OH)–C–C–N with tert-alkyl or cyclic N) is 1. The topological polar surface area (TPSA) is 77.8 Å². The van der Waals surface area contributed by atoms with Crippen molar-refractivity contribution in [2.24, 2.45) is 0 Å². The first-order valence-electron chi connectivity index (χ1n) is 4.95. The van der Waals surface area contributed by atoms with E-state index >= 15 is 0 Å². The molecule has 2 atom stereocenters. The Morgan fingerprint density at radius 2 is 2.24 bits per heavy atom. The number of thiophene rings is 1. The minimum absolute atomic E-state index is 0.0855. The molecule has 1 saturated heterocycles. The van der Waals surface area contributed by atoms with E-state index in [1.54, 1.807) is 11.4 Å². The quantitative estimate of drug-likeness (QED) is 0.765. The number of carboxylic acids is 1. The predicted octanol–water partition coefficient (Wildman–Crippen LogP) is 1.01. The van der Waals surface area contributed by atoms with Crippen molar-refractivity contribution in [3.8, 4) is 0 Å². The smallest absolute Gasteiger partial charge is 0.326 e. The van der Waals surface area contributed by atoms with E-state index in [1.165, 1.54) is 16.2 Å². The zero-order valence-corrected chi connectivity index (χ0v) is 11.6. The number of carbonyl (C=O) groups is 2. The molecule has 1 aromatic rings. The summed E-state index contributed by atoms with van der Waals surface area (Å²) in [6.07, 6.45) is -0.653. The van der Waals surface area contributed by atoms with Gasteiger partial charge >= 0.3 is 5.97 Å². The molecule has 0 aromatic carbocycles. The van der Waals surface area contributed by atoms with Crippen LogP contribution >= 0.6 is 33.9 Å². The summed E-state index contributed by atoms with van der Waals surface area (Å²) in [6.45, 7) is 0.0855. The van der Waals surface area contributed by atoms with Crippen LogP contribution in [0.15, 0.2) is 11.4 Å². The van der Waals surface area contributed by atoms with E-state index in [-0.39, 0.29) is 18.9 Å². The molecule has 17 heavy (non-hydrogen) atoms. The number of aliphatic hydroxyl groups is 1. The van der Waals surface area contributed by atoms with E-state index in [2.05, 4.69) is 22.6 Å². The Morgan fingerprint density at radius 3 is 2.76 bits per heavy atom. The molecule has 1 aliphatic rings. The van der Waals surface area contributed by atoms with Crippen molar-refractivity contribution in [1.82, 2.24) is 4.90 Å². The first kappa shape index (κ1) is 12.8. The summed E-state index contributed by atoms with van der Waals surface area (Å²) >= 11 is 3.53. The number of rotatable bonds is 2. The zero-order valence-electron chi connectivity index (χ0n) is 8.67. The number of nitrogens with zero attached hydrogens (tertiary/aromatic N) is 1. The predicted molar refractivity (Wildman–Crippen MR) is 70.1 cm³/mol. The lowest BCUT2D eigenvalue weighted by molar-refractivity contribution is -0.141. The lowest BCUT2D eigenvalue weighted by atomic mass is 10.2. The summed E-state index contributed by atoms with van der Waals surface area (Å²) in [6, 6.07) is 0.798. The SMILES string of the molecule is O=C(O)C1CC(O)CN1C(=O)c1csc(I)c1. The standard InChI is InChI=1S/C10H10INO4S/c11-8-1-5(4-17-8)9(14)12-3-6(13)2-7(12)10(15)16/h1,4,6-7,13H,2-3H2,(H,15,16). The summed E-state index contributed by atoms with van der Waals surface area (Å²) in [5, 5.41) is 20.2. The van der Waals surface area contributed by atoms with Crippen molar-refractivity contribution in [1.29, 1.82) is 0 Å². The second-order valence-electron chi connectivity index (χ2n) is 3.84. The number of halogens is 1. The summed E-state index contributed by atoms with van der Waals surface area (Å²) in [4.78, 5) is 24.3. The molecule has 2 unspecified atom stereocenters. The highest BCUT2D eigenvalue weighted by atomic mass is 127. The third-order valence-electron chi connectivity index (χ3n) is 2.64. The van der Waals surface area contributed by atoms with Crippen LogP contribution in [0.1, 0.15) is 16.8 Å². The van der Waals surface area contributed by atoms with Gasteiger partial charge in [0.1, 0.15) is 6.04 Å². The maximum absolute atomic E-state index is 12.1. The molecule has 2 N–H and O–H groups in total. The Kier molecular flexibility index (Phi) is 3.69. The van der Waals surface area contributed by atoms with Crippen molar-refractivity contribution in [3.63, 3.8) is 0 Å². The molecule has 1 aromatic heterocycles. The number of aliphatic carboxylic acids is 1. The van der Waals surface area contributed by atoms with E-state index in [4.69, 9.17) is 5.11 Å². The molecule has 0 saturated carbocycles. The van der Waals surface area contributed by atoms with E-state index in [9.17, 15) is 14.7 Å². The van der Waals surface area contributed by atoms with Gasteiger partial charge in [-0.1, -0.05) is 0 Å². The van der Waals surface area contributed by atoms with Gasteiger partial charge in [0, 0.05) is 18.3 Å². The van der Waals surface area contributed by atoms with E-state index in [0.717, 1.165) is 2.88 Å². The van der Waals surface area contributed by atoms with E-state index in [0.29, 0.717) is 5.56 Å². The Morgan fingerprint density at radius 1 is 1.53 bits per heavy atom. The molecular formula is C10H10INO4S. The van der Waals surface area contributed by atoms with Crippen molar-refractivity contribution >= 4 is 45.8 Å². The fraction of sp³-hybridized carbons (Fsp3) is 0.400. The monoisotopic (exact) mass is 367 g/mol. The highest BCUT2D eigenvalue weighted by molar-refractivity contribution is 14.1. The zero-order chi connectivity index (χ0) is 12.6. The minimum atomic E-state index is -1.07. The van der Waals surface area contributed by atoms with Gasteiger partial charge in [0.15, 0.2) is 0 Å². The second kappa shape index (κ2) is 4.91. The molecule has 7 heteroatoms. The molecule has 2 rings (SSSR count). The highest BCUT2D eigenvalue weighted by Gasteiger charge is 2.39. The summed E-state index contributed by atoms with van der Waals surface area (Å²) in [7, 11) is 0. The van der Waals surface area contributed by atoms with Gasteiger partial charge in [0.05, 0.1) is 14.6 Å². The van der Waals surface area contributed by atoms with Gasteiger partial charge in [-0.2, -0.15) is 0 Å². The van der Waals surface area contributed by atoms with Crippen LogP contribution in [0, 0.1) is 2.88 Å². The number of hydrogen-bond donors (Lipinski definition) is 2. The van der Waals surface area contributed by atoms with Crippen molar-refractivity contribution in [3.05, 3.63) is 19.9 Å². The third kappa shape index (κ3) is 2.61. The summed E-state index contributed by atoms with van der Waals surface area (Å²) in [5.74, 6) is -1.40. The minimum Gasteiger partial charge on any atom is -0.480 e. The van der Waals surface area contributed by atoms with Crippen LogP contribution in [-0.4, -0.2) is 45.7 Å². The molecule has 0 radical (unpaired) electrons. The lowest BCUT2D eigenvalue weighted by Gasteiger charge is -2.20. The van der Waals surface area contributed by atoms with Gasteiger partial charge < -0.3 is 15.1 Å². The highest BCUT2D eigenvalue weighted by Crippen LogP contribution is 2.24. The fourth-order valence-electron chi connectivity index (χ4n) is 1.86. The average Bonchev–Trinajstić information content (AvgIpc) is 2.83. The molecule has 1 fully saturated rings. The summed E-state index contributed by atoms with van der Waals surface area (Å²) < 4.78 is 0.970. The normalized spacial score (nSPS) is 24.0. The van der Waals surface area contributed by atoms with Gasteiger partial charge in [-0.25, -0.2) is 4.79 Å². The molecule has 2 heterocycles. The van der Waals surface area contributed by atoms with E-state index < -0.39 is 18.1 Å². The van der Waals surface area contributed by atoms with Crippen LogP contribution < -0.4 is 0 Å². The van der Waals surface area contributed by atoms with Crippen LogP contribution in [0.2, 0.25) is 0 Å². The Labute approximate surface area is 115 Å². The average molecular weight is 367 g/mol. The van der Waals surface area contributed by atoms with Crippen LogP contribution in [0.4, 0.5) is 0 Å². The lowest BCUT2D eigenvalue weighted by Crippen LogP contribution is -2.40. The van der Waals surface area contributed by atoms with Gasteiger partial charge in [-0.15, -0.1) is 11.3 Å². The van der Waals surface area contributed by atoms with Crippen LogP contribution in [0.5, 0.6) is 0 Å². The Balaban J connectivity index is 2.21. The molecule has 1 aliphatic heterocycles. The van der Waals surface area contributed by atoms with Crippen molar-refractivity contribution < 1.29 is 19.8 Å². The number of likely N-dealkylation sites (tertiary alicyclic amines) is 1. The van der Waals surface area contributed by atoms with Gasteiger partial charge in [-0.05, 0) is 28.7 Å². The first-order valence-corrected chi connectivity index (χ1v) is 6.90. The number of aliphatic hydroxyl groups excluding tert-OH is 1. The molecule has 0 spiro atoms. The Hall–Kier alpha value is -0.670. The summed E-state index contributed by atoms with van der Waals surface area (Å²) in [5.41, 5.74) is 0.486. The molecule has 1 amide bonds. The van der Waals surface area contributed by atoms with E-state index in [1.807, 2.05) is 0 Å².